The quantitative estimate of drug-likeness (QED) is 0.403. The summed E-state index contributed by atoms with van der Waals surface area (Å²) in [5.74, 6) is 4.50. The summed E-state index contributed by atoms with van der Waals surface area (Å²) >= 11 is 0. The Bertz CT molecular complexity index is 363. The van der Waals surface area contributed by atoms with Gasteiger partial charge in [0.15, 0.2) is 0 Å². The van der Waals surface area contributed by atoms with E-state index in [4.69, 9.17) is 0 Å². The summed E-state index contributed by atoms with van der Waals surface area (Å²) in [7, 11) is 3.11. The number of hydrogen-bond acceptors (Lipinski definition) is 1. The topological polar surface area (TPSA) is 3.24 Å². The molecule has 0 amide bonds. The fraction of sp³-hybridized carbons (Fsp3) is 0.778. The van der Waals surface area contributed by atoms with Gasteiger partial charge in [-0.3, -0.25) is 4.90 Å². The van der Waals surface area contributed by atoms with Crippen molar-refractivity contribution in [2.45, 2.75) is 70.1 Å². The Morgan fingerprint density at radius 2 is 1.80 bits per heavy atom. The van der Waals surface area contributed by atoms with E-state index in [0.29, 0.717) is 0 Å². The van der Waals surface area contributed by atoms with Gasteiger partial charge in [0, 0.05) is 0 Å². The number of hydrogen-bond donors (Lipinski definition) is 0. The van der Waals surface area contributed by atoms with Crippen LogP contribution in [0.15, 0.2) is 12.7 Å². The third kappa shape index (κ3) is 4.79. The van der Waals surface area contributed by atoms with E-state index in [-0.39, 0.29) is 5.54 Å². The highest BCUT2D eigenvalue weighted by Crippen LogP contribution is 2.38. The van der Waals surface area contributed by atoms with Crippen molar-refractivity contribution in [1.29, 1.82) is 0 Å². The highest BCUT2D eigenvalue weighted by Gasteiger charge is 2.39. The lowest BCUT2D eigenvalue weighted by molar-refractivity contribution is 0.0997. The third-order valence-electron chi connectivity index (χ3n) is 4.46. The Labute approximate surface area is 127 Å². The van der Waals surface area contributed by atoms with Crippen LogP contribution in [0.5, 0.6) is 0 Å². The van der Waals surface area contributed by atoms with Crippen LogP contribution in [0.25, 0.3) is 0 Å². The average molecular weight is 292 g/mol. The molecule has 2 heteroatoms. The van der Waals surface area contributed by atoms with E-state index in [9.17, 15) is 0 Å². The predicted molar refractivity (Wildman–Crippen MR) is 93.5 cm³/mol. The molecule has 0 bridgehead atoms. The average Bonchev–Trinajstić information content (AvgIpc) is 2.39. The van der Waals surface area contributed by atoms with Gasteiger partial charge in [-0.15, -0.1) is 12.1 Å². The van der Waals surface area contributed by atoms with Gasteiger partial charge in [0.1, 0.15) is 8.07 Å². The van der Waals surface area contributed by atoms with Crippen molar-refractivity contribution in [2.75, 3.05) is 14.1 Å². The molecule has 0 aromatic heterocycles. The normalized spacial score (nSPS) is 20.1. The molecule has 1 fully saturated rings. The van der Waals surface area contributed by atoms with Gasteiger partial charge in [-0.05, 0) is 45.7 Å². The Morgan fingerprint density at radius 1 is 1.20 bits per heavy atom. The maximum Gasteiger partial charge on any atom is 0.129 e. The first-order valence-electron chi connectivity index (χ1n) is 8.14. The lowest BCUT2D eigenvalue weighted by Gasteiger charge is -2.44. The minimum Gasteiger partial charge on any atom is -0.293 e. The smallest absolute Gasteiger partial charge is 0.129 e. The molecule has 1 nitrogen and oxygen atoms in total. The molecule has 1 aliphatic rings. The predicted octanol–water partition coefficient (Wildman–Crippen LogP) is 4.71. The molecule has 0 aromatic rings. The maximum absolute atomic E-state index is 3.92. The number of allylic oxidation sites excluding steroid dienone is 1. The van der Waals surface area contributed by atoms with Crippen molar-refractivity contribution in [3.63, 3.8) is 0 Å². The van der Waals surface area contributed by atoms with Crippen LogP contribution in [-0.4, -0.2) is 32.6 Å². The zero-order valence-corrected chi connectivity index (χ0v) is 15.3. The Kier molecular flexibility index (Phi) is 6.55. The summed E-state index contributed by atoms with van der Waals surface area (Å²) in [5.41, 5.74) is 3.73. The van der Waals surface area contributed by atoms with Gasteiger partial charge in [-0.25, -0.2) is 0 Å². The molecule has 0 N–H and O–H groups in total. The van der Waals surface area contributed by atoms with Gasteiger partial charge in [-0.1, -0.05) is 50.9 Å². The molecule has 114 valence electrons. The van der Waals surface area contributed by atoms with E-state index in [1.54, 1.807) is 0 Å². The molecular weight excluding hydrogens is 258 g/mol. The standard InChI is InChI=1S/C18H33NSi/c1-7-8-14-18(19(2)3,15-16-20(4,5)6)17-12-10-9-11-13-17/h7,17H,1,8-14H2,2-6H3. The second-order valence-electron chi connectivity index (χ2n) is 7.48. The van der Waals surface area contributed by atoms with Gasteiger partial charge in [0.05, 0.1) is 5.54 Å². The van der Waals surface area contributed by atoms with Gasteiger partial charge in [-0.2, -0.15) is 0 Å². The Morgan fingerprint density at radius 3 is 2.25 bits per heavy atom. The van der Waals surface area contributed by atoms with Crippen LogP contribution in [0.4, 0.5) is 0 Å². The molecular formula is C18H33NSi. The van der Waals surface area contributed by atoms with Crippen LogP contribution in [0.2, 0.25) is 19.6 Å². The van der Waals surface area contributed by atoms with Crippen LogP contribution in [0, 0.1) is 17.4 Å². The fourth-order valence-electron chi connectivity index (χ4n) is 3.27. The largest absolute Gasteiger partial charge is 0.293 e. The first-order valence-corrected chi connectivity index (χ1v) is 11.6. The minimum absolute atomic E-state index is 0.0644. The highest BCUT2D eigenvalue weighted by atomic mass is 28.3. The summed E-state index contributed by atoms with van der Waals surface area (Å²) in [5, 5.41) is 0. The SMILES string of the molecule is C=CCCC(C#C[Si](C)(C)C)(C1CCCCC1)N(C)C. The first kappa shape index (κ1) is 17.5. The van der Waals surface area contributed by atoms with Crippen molar-refractivity contribution < 1.29 is 0 Å². The molecule has 0 saturated heterocycles. The summed E-state index contributed by atoms with van der Waals surface area (Å²) in [6, 6.07) is 0. The van der Waals surface area contributed by atoms with Crippen LogP contribution < -0.4 is 0 Å². The van der Waals surface area contributed by atoms with Crippen molar-refractivity contribution in [2.24, 2.45) is 5.92 Å². The molecule has 1 aliphatic carbocycles. The van der Waals surface area contributed by atoms with Gasteiger partial charge >= 0.3 is 0 Å². The molecule has 1 atom stereocenters. The molecule has 0 aromatic carbocycles. The minimum atomic E-state index is -1.33. The van der Waals surface area contributed by atoms with Crippen molar-refractivity contribution in [3.05, 3.63) is 12.7 Å². The summed E-state index contributed by atoms with van der Waals surface area (Å²) in [6.07, 6.45) is 11.1. The lowest BCUT2D eigenvalue weighted by Crippen LogP contribution is -2.50. The number of nitrogens with zero attached hydrogens (tertiary/aromatic N) is 1. The second-order valence-corrected chi connectivity index (χ2v) is 12.2. The first-order chi connectivity index (χ1) is 9.32. The Balaban J connectivity index is 3.10. The van der Waals surface area contributed by atoms with Crippen LogP contribution in [-0.2, 0) is 0 Å². The molecule has 0 heterocycles. The van der Waals surface area contributed by atoms with E-state index >= 15 is 0 Å². The van der Waals surface area contributed by atoms with Crippen molar-refractivity contribution >= 4 is 8.07 Å². The van der Waals surface area contributed by atoms with Gasteiger partial charge < -0.3 is 0 Å². The molecule has 0 aliphatic heterocycles. The summed E-state index contributed by atoms with van der Waals surface area (Å²) in [6.45, 7) is 10.9. The molecule has 1 unspecified atom stereocenters. The molecule has 1 saturated carbocycles. The van der Waals surface area contributed by atoms with Gasteiger partial charge in [0.25, 0.3) is 0 Å². The van der Waals surface area contributed by atoms with E-state index < -0.39 is 8.07 Å². The van der Waals surface area contributed by atoms with Crippen molar-refractivity contribution in [3.8, 4) is 11.5 Å². The van der Waals surface area contributed by atoms with Gasteiger partial charge in [0.2, 0.25) is 0 Å². The second kappa shape index (κ2) is 7.48. The molecule has 0 spiro atoms. The van der Waals surface area contributed by atoms with E-state index in [2.05, 4.69) is 62.8 Å². The van der Waals surface area contributed by atoms with Crippen LogP contribution >= 0.6 is 0 Å². The Hall–Kier alpha value is -0.523. The van der Waals surface area contributed by atoms with E-state index in [1.165, 1.54) is 32.1 Å². The monoisotopic (exact) mass is 291 g/mol. The van der Waals surface area contributed by atoms with Crippen molar-refractivity contribution in [1.82, 2.24) is 4.90 Å². The number of rotatable bonds is 5. The molecule has 0 radical (unpaired) electrons. The highest BCUT2D eigenvalue weighted by molar-refractivity contribution is 6.83. The zero-order chi connectivity index (χ0) is 15.2. The molecule has 20 heavy (non-hydrogen) atoms. The van der Waals surface area contributed by atoms with E-state index in [0.717, 1.165) is 18.8 Å². The van der Waals surface area contributed by atoms with E-state index in [1.807, 2.05) is 0 Å². The summed E-state index contributed by atoms with van der Waals surface area (Å²) < 4.78 is 0. The summed E-state index contributed by atoms with van der Waals surface area (Å²) in [4.78, 5) is 2.40. The van der Waals surface area contributed by atoms with Crippen LogP contribution in [0.3, 0.4) is 0 Å². The fourth-order valence-corrected chi connectivity index (χ4v) is 3.86. The lowest BCUT2D eigenvalue weighted by atomic mass is 9.72. The third-order valence-corrected chi connectivity index (χ3v) is 5.34. The maximum atomic E-state index is 3.92. The molecule has 1 rings (SSSR count). The zero-order valence-electron chi connectivity index (χ0n) is 14.3. The van der Waals surface area contributed by atoms with Crippen LogP contribution in [0.1, 0.15) is 44.9 Å².